The van der Waals surface area contributed by atoms with Gasteiger partial charge in [-0.15, -0.1) is 0 Å². The van der Waals surface area contributed by atoms with Gasteiger partial charge in [0.15, 0.2) is 9.84 Å². The number of benzene rings is 1. The van der Waals surface area contributed by atoms with Crippen molar-refractivity contribution >= 4 is 38.5 Å². The first-order valence-electron chi connectivity index (χ1n) is 11.8. The van der Waals surface area contributed by atoms with Crippen molar-refractivity contribution < 1.29 is 18.3 Å². The molecule has 3 aromatic rings. The van der Waals surface area contributed by atoms with Crippen molar-refractivity contribution in [2.24, 2.45) is 11.3 Å². The predicted octanol–water partition coefficient (Wildman–Crippen LogP) is 3.94. The van der Waals surface area contributed by atoms with Crippen LogP contribution in [0.3, 0.4) is 0 Å². The first-order chi connectivity index (χ1) is 16.4. The summed E-state index contributed by atoms with van der Waals surface area (Å²) < 4.78 is 26.1. The summed E-state index contributed by atoms with van der Waals surface area (Å²) in [5.41, 5.74) is 2.60. The smallest absolute Gasteiger partial charge is 0.407 e. The molecule has 4 heterocycles. The molecule has 2 aromatic heterocycles. The van der Waals surface area contributed by atoms with Crippen LogP contribution in [0.2, 0.25) is 0 Å². The lowest BCUT2D eigenvalue weighted by Gasteiger charge is -2.37. The fourth-order valence-electron chi connectivity index (χ4n) is 5.87. The maximum Gasteiger partial charge on any atom is 0.407 e. The van der Waals surface area contributed by atoms with Crippen LogP contribution in [0, 0.1) is 11.3 Å². The third-order valence-corrected chi connectivity index (χ3v) is 8.36. The lowest BCUT2D eigenvalue weighted by Crippen LogP contribution is -2.46. The van der Waals surface area contributed by atoms with Gasteiger partial charge in [0.25, 0.3) is 0 Å². The Hall–Kier alpha value is -3.14. The van der Waals surface area contributed by atoms with Crippen molar-refractivity contribution in [3.05, 3.63) is 42.4 Å². The molecule has 0 bridgehead atoms. The highest BCUT2D eigenvalue weighted by Gasteiger charge is 2.44. The number of fused-ring (bicyclic) bond motifs is 2. The molecule has 186 valence electrons. The number of nitrogens with zero attached hydrogens (tertiary/aromatic N) is 5. The molecule has 1 fully saturated rings. The van der Waals surface area contributed by atoms with Crippen molar-refractivity contribution in [1.82, 2.24) is 19.4 Å². The van der Waals surface area contributed by atoms with Gasteiger partial charge in [-0.25, -0.2) is 23.2 Å². The van der Waals surface area contributed by atoms with E-state index in [-0.39, 0.29) is 17.4 Å². The van der Waals surface area contributed by atoms with Crippen LogP contribution in [0.1, 0.15) is 32.8 Å². The van der Waals surface area contributed by atoms with Crippen LogP contribution in [0.25, 0.3) is 11.0 Å². The summed E-state index contributed by atoms with van der Waals surface area (Å²) in [5.74, 6) is 0.979. The van der Waals surface area contributed by atoms with Gasteiger partial charge in [-0.3, -0.25) is 0 Å². The first-order valence-corrected chi connectivity index (χ1v) is 13.7. The summed E-state index contributed by atoms with van der Waals surface area (Å²) in [6.45, 7) is 8.23. The molecule has 0 saturated carbocycles. The lowest BCUT2D eigenvalue weighted by molar-refractivity contribution is 0.0879. The summed E-state index contributed by atoms with van der Waals surface area (Å²) >= 11 is 0. The quantitative estimate of drug-likeness (QED) is 0.581. The van der Waals surface area contributed by atoms with Gasteiger partial charge in [0, 0.05) is 43.8 Å². The van der Waals surface area contributed by atoms with E-state index in [0.29, 0.717) is 24.5 Å². The van der Waals surface area contributed by atoms with Gasteiger partial charge in [-0.1, -0.05) is 20.8 Å². The second-order valence-corrected chi connectivity index (χ2v) is 12.7. The van der Waals surface area contributed by atoms with Gasteiger partial charge in [-0.05, 0) is 54.0 Å². The van der Waals surface area contributed by atoms with Gasteiger partial charge in [0.1, 0.15) is 17.8 Å². The van der Waals surface area contributed by atoms with Gasteiger partial charge >= 0.3 is 6.09 Å². The van der Waals surface area contributed by atoms with Crippen LogP contribution < -0.4 is 4.90 Å². The van der Waals surface area contributed by atoms with E-state index in [4.69, 9.17) is 0 Å². The Balaban J connectivity index is 1.47. The molecule has 1 aromatic carbocycles. The van der Waals surface area contributed by atoms with Crippen molar-refractivity contribution in [3.8, 4) is 0 Å². The van der Waals surface area contributed by atoms with Gasteiger partial charge < -0.3 is 19.5 Å². The van der Waals surface area contributed by atoms with E-state index in [9.17, 15) is 18.3 Å². The second-order valence-electron chi connectivity index (χ2n) is 10.7. The second kappa shape index (κ2) is 8.22. The zero-order valence-electron chi connectivity index (χ0n) is 20.5. The number of hydrogen-bond acceptors (Lipinski definition) is 6. The SMILES string of the molecule is CC(C)(C)C1[C@H](Cn2ccc3c(N4CCc5cc(S(C)(=O)=O)ccc54)ncnc32)CCN1C(=O)O. The topological polar surface area (TPSA) is 109 Å². The molecule has 0 spiro atoms. The molecule has 1 N–H and O–H groups in total. The third kappa shape index (κ3) is 4.13. The minimum absolute atomic E-state index is 0.0757. The van der Waals surface area contributed by atoms with Gasteiger partial charge in [-0.2, -0.15) is 0 Å². The number of amides is 1. The summed E-state index contributed by atoms with van der Waals surface area (Å²) in [6.07, 6.45) is 5.49. The Bertz CT molecular complexity index is 1410. The van der Waals surface area contributed by atoms with Crippen LogP contribution >= 0.6 is 0 Å². The number of carbonyl (C=O) groups is 1. The van der Waals surface area contributed by atoms with E-state index < -0.39 is 15.9 Å². The Morgan fingerprint density at radius 2 is 1.94 bits per heavy atom. The molecule has 1 saturated heterocycles. The van der Waals surface area contributed by atoms with E-state index in [0.717, 1.165) is 40.9 Å². The Labute approximate surface area is 205 Å². The maximum atomic E-state index is 12.0. The average Bonchev–Trinajstić information content (AvgIpc) is 3.49. The number of sulfone groups is 1. The summed E-state index contributed by atoms with van der Waals surface area (Å²) in [5, 5.41) is 10.6. The van der Waals surface area contributed by atoms with Gasteiger partial charge in [0.05, 0.1) is 10.3 Å². The van der Waals surface area contributed by atoms with Crippen molar-refractivity contribution in [2.75, 3.05) is 24.2 Å². The molecular weight excluding hydrogens is 466 g/mol. The number of carboxylic acid groups (broad SMARTS) is 1. The molecule has 1 amide bonds. The van der Waals surface area contributed by atoms with E-state index in [1.165, 1.54) is 6.26 Å². The van der Waals surface area contributed by atoms with Crippen molar-refractivity contribution in [1.29, 1.82) is 0 Å². The van der Waals surface area contributed by atoms with Crippen LogP contribution in [-0.2, 0) is 22.8 Å². The molecule has 2 aliphatic rings. The zero-order valence-corrected chi connectivity index (χ0v) is 21.3. The van der Waals surface area contributed by atoms with Crippen LogP contribution in [0.15, 0.2) is 41.7 Å². The molecule has 2 aliphatic heterocycles. The zero-order chi connectivity index (χ0) is 25.1. The highest BCUT2D eigenvalue weighted by atomic mass is 32.2. The highest BCUT2D eigenvalue weighted by molar-refractivity contribution is 7.90. The Kier molecular flexibility index (Phi) is 5.54. The first kappa shape index (κ1) is 23.6. The molecular formula is C25H31N5O4S. The molecule has 35 heavy (non-hydrogen) atoms. The van der Waals surface area contributed by atoms with E-state index >= 15 is 0 Å². The number of rotatable bonds is 4. The Morgan fingerprint density at radius 3 is 2.63 bits per heavy atom. The fourth-order valence-corrected chi connectivity index (χ4v) is 6.54. The summed E-state index contributed by atoms with van der Waals surface area (Å²) in [6, 6.07) is 7.21. The van der Waals surface area contributed by atoms with E-state index in [2.05, 4.69) is 40.2 Å². The minimum Gasteiger partial charge on any atom is -0.465 e. The third-order valence-electron chi connectivity index (χ3n) is 7.25. The largest absolute Gasteiger partial charge is 0.465 e. The van der Waals surface area contributed by atoms with E-state index in [1.54, 1.807) is 23.4 Å². The van der Waals surface area contributed by atoms with Crippen LogP contribution in [0.4, 0.5) is 16.3 Å². The predicted molar refractivity (Wildman–Crippen MR) is 134 cm³/mol. The van der Waals surface area contributed by atoms with Crippen molar-refractivity contribution in [3.63, 3.8) is 0 Å². The molecule has 9 nitrogen and oxygen atoms in total. The number of anilines is 2. The van der Waals surface area contributed by atoms with Gasteiger partial charge in [0.2, 0.25) is 0 Å². The number of hydrogen-bond donors (Lipinski definition) is 1. The molecule has 1 unspecified atom stereocenters. The molecule has 0 radical (unpaired) electrons. The van der Waals surface area contributed by atoms with Crippen LogP contribution in [-0.4, -0.2) is 64.4 Å². The van der Waals surface area contributed by atoms with Crippen LogP contribution in [0.5, 0.6) is 0 Å². The molecule has 10 heteroatoms. The molecule has 2 atom stereocenters. The number of likely N-dealkylation sites (tertiary alicyclic amines) is 1. The summed E-state index contributed by atoms with van der Waals surface area (Å²) in [4.78, 5) is 25.1. The maximum absolute atomic E-state index is 12.0. The highest BCUT2D eigenvalue weighted by Crippen LogP contribution is 2.40. The lowest BCUT2D eigenvalue weighted by atomic mass is 9.79. The molecule has 5 rings (SSSR count). The monoisotopic (exact) mass is 497 g/mol. The average molecular weight is 498 g/mol. The number of aromatic nitrogens is 3. The normalized spacial score (nSPS) is 20.6. The van der Waals surface area contributed by atoms with E-state index in [1.807, 2.05) is 18.3 Å². The minimum atomic E-state index is -3.26. The summed E-state index contributed by atoms with van der Waals surface area (Å²) in [7, 11) is -3.26. The Morgan fingerprint density at radius 1 is 1.17 bits per heavy atom. The standard InChI is InChI=1S/C25H31N5O4S/c1-25(2,3)21-17(8-12-30(21)24(31)32)14-28-10-9-19-22(28)26-15-27-23(19)29-11-7-16-13-18(35(4,33)34)5-6-20(16)29/h5-6,9-10,13,15,17,21H,7-8,11-12,14H2,1-4H3,(H,31,32)/t17-,21?/m0/s1. The fraction of sp³-hybridized carbons (Fsp3) is 0.480. The van der Waals surface area contributed by atoms with Crippen molar-refractivity contribution in [2.45, 2.75) is 51.1 Å². The molecule has 0 aliphatic carbocycles.